The van der Waals surface area contributed by atoms with Crippen LogP contribution in [0.5, 0.6) is 5.75 Å². The standard InChI is InChI=1S/C29H40N6O5S2/c1-18-17-24(40-4)19(2)20(3)26(18)42(38,39)35-29(31)33-14-8-11-23(25(36)28-32-15-16-41-28)34-27(37)22(30)13-12-21-9-6-5-7-10-21/h5-7,9-10,15-17,22-23,25,36H,8,11-14,30H2,1-4H3,(H,34,37)(H3,31,33,35)/t22-,23-,25?/m0/s1. The van der Waals surface area contributed by atoms with E-state index in [1.54, 1.807) is 38.4 Å². The van der Waals surface area contributed by atoms with Gasteiger partial charge >= 0.3 is 0 Å². The lowest BCUT2D eigenvalue weighted by molar-refractivity contribution is -0.124. The number of ether oxygens (including phenoxy) is 1. The minimum absolute atomic E-state index is 0.122. The van der Waals surface area contributed by atoms with Gasteiger partial charge in [-0.1, -0.05) is 30.3 Å². The summed E-state index contributed by atoms with van der Waals surface area (Å²) in [5.74, 6) is -0.0292. The number of benzene rings is 2. The van der Waals surface area contributed by atoms with Gasteiger partial charge in [-0.25, -0.2) is 18.1 Å². The van der Waals surface area contributed by atoms with Crippen LogP contribution in [0.15, 0.2) is 57.9 Å². The number of carbonyl (C=O) groups is 1. The molecule has 0 aliphatic rings. The Balaban J connectivity index is 1.62. The van der Waals surface area contributed by atoms with Crippen molar-refractivity contribution in [3.8, 4) is 5.75 Å². The summed E-state index contributed by atoms with van der Waals surface area (Å²) in [6.07, 6.45) is 2.36. The number of nitrogens with zero attached hydrogens (tertiary/aromatic N) is 2. The number of nitrogens with two attached hydrogens (primary N) is 2. The maximum atomic E-state index is 13.1. The Hall–Kier alpha value is -3.52. The topological polar surface area (TPSA) is 182 Å². The van der Waals surface area contributed by atoms with Crippen LogP contribution in [0, 0.1) is 20.8 Å². The van der Waals surface area contributed by atoms with Gasteiger partial charge in [0.05, 0.1) is 24.1 Å². The average Bonchev–Trinajstić information content (AvgIpc) is 3.50. The fourth-order valence-electron chi connectivity index (χ4n) is 4.63. The maximum Gasteiger partial charge on any atom is 0.264 e. The number of sulfonamides is 1. The zero-order valence-corrected chi connectivity index (χ0v) is 26.0. The van der Waals surface area contributed by atoms with Crippen LogP contribution in [-0.2, 0) is 21.2 Å². The van der Waals surface area contributed by atoms with Gasteiger partial charge in [0.15, 0.2) is 0 Å². The van der Waals surface area contributed by atoms with Crippen molar-refractivity contribution in [2.45, 2.75) is 69.5 Å². The summed E-state index contributed by atoms with van der Waals surface area (Å²) in [6.45, 7) is 5.34. The fraction of sp³-hybridized carbons (Fsp3) is 0.414. The van der Waals surface area contributed by atoms with Crippen LogP contribution >= 0.6 is 11.3 Å². The summed E-state index contributed by atoms with van der Waals surface area (Å²) >= 11 is 1.28. The van der Waals surface area contributed by atoms with Gasteiger partial charge in [0, 0.05) is 18.1 Å². The third kappa shape index (κ3) is 8.74. The third-order valence-electron chi connectivity index (χ3n) is 7.00. The number of carbonyl (C=O) groups excluding carboxylic acids is 1. The number of aromatic nitrogens is 1. The van der Waals surface area contributed by atoms with Gasteiger partial charge in [0.25, 0.3) is 10.0 Å². The highest BCUT2D eigenvalue weighted by Crippen LogP contribution is 2.30. The van der Waals surface area contributed by atoms with Gasteiger partial charge in [-0.05, 0) is 74.8 Å². The summed E-state index contributed by atoms with van der Waals surface area (Å²) in [7, 11) is -2.46. The zero-order valence-electron chi connectivity index (χ0n) is 24.3. The van der Waals surface area contributed by atoms with E-state index in [1.807, 2.05) is 30.3 Å². The quantitative estimate of drug-likeness (QED) is 0.104. The number of aryl methyl sites for hydroxylation is 2. The van der Waals surface area contributed by atoms with Crippen LogP contribution in [0.2, 0.25) is 0 Å². The van der Waals surface area contributed by atoms with E-state index in [4.69, 9.17) is 16.2 Å². The number of nitrogens with one attached hydrogen (secondary N) is 2. The van der Waals surface area contributed by atoms with Gasteiger partial charge in [-0.3, -0.25) is 9.79 Å². The van der Waals surface area contributed by atoms with Gasteiger partial charge in [0.1, 0.15) is 16.9 Å². The molecule has 3 rings (SSSR count). The summed E-state index contributed by atoms with van der Waals surface area (Å²) in [4.78, 5) is 21.4. The van der Waals surface area contributed by atoms with Gasteiger partial charge in [0.2, 0.25) is 11.9 Å². The molecule has 0 aliphatic carbocycles. The first-order valence-corrected chi connectivity index (χ1v) is 16.0. The Morgan fingerprint density at radius 3 is 2.52 bits per heavy atom. The largest absolute Gasteiger partial charge is 0.496 e. The highest BCUT2D eigenvalue weighted by molar-refractivity contribution is 7.90. The van der Waals surface area contributed by atoms with Crippen molar-refractivity contribution in [2.75, 3.05) is 13.7 Å². The lowest BCUT2D eigenvalue weighted by Gasteiger charge is -2.24. The van der Waals surface area contributed by atoms with Gasteiger partial charge < -0.3 is 26.6 Å². The molecule has 2 aromatic carbocycles. The van der Waals surface area contributed by atoms with E-state index < -0.39 is 28.2 Å². The van der Waals surface area contributed by atoms with Crippen LogP contribution in [0.1, 0.15) is 52.6 Å². The lowest BCUT2D eigenvalue weighted by Crippen LogP contribution is -2.47. The second-order valence-electron chi connectivity index (χ2n) is 10.1. The molecule has 1 aromatic heterocycles. The van der Waals surface area contributed by atoms with E-state index in [-0.39, 0.29) is 23.3 Å². The van der Waals surface area contributed by atoms with Crippen molar-refractivity contribution >= 4 is 33.2 Å². The Morgan fingerprint density at radius 2 is 1.88 bits per heavy atom. The van der Waals surface area contributed by atoms with Crippen LogP contribution in [0.4, 0.5) is 0 Å². The number of aliphatic hydroxyl groups excluding tert-OH is 1. The first kappa shape index (κ1) is 33.0. The Morgan fingerprint density at radius 1 is 1.17 bits per heavy atom. The van der Waals surface area contributed by atoms with Crippen LogP contribution < -0.4 is 26.2 Å². The number of amides is 1. The molecule has 3 aromatic rings. The van der Waals surface area contributed by atoms with E-state index in [0.717, 1.165) is 5.56 Å². The molecule has 11 nitrogen and oxygen atoms in total. The summed E-state index contributed by atoms with van der Waals surface area (Å²) in [5.41, 5.74) is 15.0. The molecule has 228 valence electrons. The number of hydrogen-bond acceptors (Lipinski definition) is 9. The molecule has 0 saturated heterocycles. The molecule has 3 atom stereocenters. The SMILES string of the molecule is COc1cc(C)c(S(=O)(=O)NC(N)=NCCC[C@H](NC(=O)[C@@H](N)CCc2ccccc2)C(O)c2nccs2)c(C)c1C. The van der Waals surface area contributed by atoms with Crippen LogP contribution in [0.3, 0.4) is 0 Å². The molecule has 0 fully saturated rings. The second-order valence-corrected chi connectivity index (χ2v) is 12.6. The minimum atomic E-state index is -4.00. The first-order chi connectivity index (χ1) is 19.9. The molecule has 7 N–H and O–H groups in total. The second kappa shape index (κ2) is 15.1. The van der Waals surface area contributed by atoms with Gasteiger partial charge in [-0.15, -0.1) is 11.3 Å². The summed E-state index contributed by atoms with van der Waals surface area (Å²) in [6, 6.07) is 9.99. The number of methoxy groups -OCH3 is 1. The molecule has 1 unspecified atom stereocenters. The van der Waals surface area contributed by atoms with E-state index in [1.165, 1.54) is 18.4 Å². The number of guanidine groups is 1. The number of thiazole rings is 1. The maximum absolute atomic E-state index is 13.1. The van der Waals surface area contributed by atoms with Crippen LogP contribution in [-0.4, -0.2) is 56.1 Å². The Bertz CT molecular complexity index is 1460. The molecule has 0 radical (unpaired) electrons. The van der Waals surface area contributed by atoms with Crippen molar-refractivity contribution in [3.05, 3.63) is 75.2 Å². The Labute approximate surface area is 251 Å². The highest BCUT2D eigenvalue weighted by atomic mass is 32.2. The van der Waals surface area contributed by atoms with E-state index in [9.17, 15) is 18.3 Å². The average molecular weight is 617 g/mol. The fourth-order valence-corrected chi connectivity index (χ4v) is 6.80. The number of aliphatic imine (C=N–C) groups is 1. The molecule has 13 heteroatoms. The number of rotatable bonds is 14. The van der Waals surface area contributed by atoms with Crippen molar-refractivity contribution in [3.63, 3.8) is 0 Å². The normalized spacial score (nSPS) is 14.2. The highest BCUT2D eigenvalue weighted by Gasteiger charge is 2.27. The number of aliphatic hydroxyl groups is 1. The molecule has 42 heavy (non-hydrogen) atoms. The Kier molecular flexibility index (Phi) is 11.9. The van der Waals surface area contributed by atoms with E-state index >= 15 is 0 Å². The lowest BCUT2D eigenvalue weighted by atomic mass is 10.0. The van der Waals surface area contributed by atoms with Crippen LogP contribution in [0.25, 0.3) is 0 Å². The molecule has 0 bridgehead atoms. The van der Waals surface area contributed by atoms with E-state index in [0.29, 0.717) is 53.1 Å². The molecule has 1 amide bonds. The third-order valence-corrected chi connectivity index (χ3v) is 9.49. The first-order valence-electron chi connectivity index (χ1n) is 13.6. The molecule has 0 aliphatic heterocycles. The zero-order chi connectivity index (χ0) is 30.9. The minimum Gasteiger partial charge on any atom is -0.496 e. The van der Waals surface area contributed by atoms with Crippen molar-refractivity contribution in [1.29, 1.82) is 0 Å². The van der Waals surface area contributed by atoms with Crippen molar-refractivity contribution < 1.29 is 23.1 Å². The molecule has 1 heterocycles. The smallest absolute Gasteiger partial charge is 0.264 e. The summed E-state index contributed by atoms with van der Waals surface area (Å²) in [5, 5.41) is 16.0. The predicted molar refractivity (Wildman–Crippen MR) is 165 cm³/mol. The molecular weight excluding hydrogens is 576 g/mol. The van der Waals surface area contributed by atoms with Crippen molar-refractivity contribution in [1.82, 2.24) is 15.0 Å². The van der Waals surface area contributed by atoms with Crippen molar-refractivity contribution in [2.24, 2.45) is 16.5 Å². The monoisotopic (exact) mass is 616 g/mol. The molecule has 0 spiro atoms. The predicted octanol–water partition coefficient (Wildman–Crippen LogP) is 2.63. The molecular formula is C29H40N6O5S2. The van der Waals surface area contributed by atoms with Gasteiger partial charge in [-0.2, -0.15) is 0 Å². The van der Waals surface area contributed by atoms with E-state index in [2.05, 4.69) is 20.0 Å². The molecule has 0 saturated carbocycles. The summed E-state index contributed by atoms with van der Waals surface area (Å²) < 4.78 is 33.9. The number of hydrogen-bond donors (Lipinski definition) is 5.